The number of nitrogens with zero attached hydrogens (tertiary/aromatic N) is 3. The molecule has 142 valence electrons. The van der Waals surface area contributed by atoms with Crippen molar-refractivity contribution in [3.05, 3.63) is 29.4 Å². The molecule has 1 aromatic heterocycles. The molecule has 0 atom stereocenters. The first-order valence-corrected chi connectivity index (χ1v) is 9.43. The molecule has 1 saturated carbocycles. The molecule has 2 amide bonds. The van der Waals surface area contributed by atoms with Crippen molar-refractivity contribution < 1.29 is 9.59 Å². The molecule has 1 aliphatic carbocycles. The summed E-state index contributed by atoms with van der Waals surface area (Å²) < 4.78 is 2.26. The topological polar surface area (TPSA) is 79.3 Å². The van der Waals surface area contributed by atoms with Crippen molar-refractivity contribution in [1.82, 2.24) is 25.1 Å². The number of hydrogen-bond acceptors (Lipinski definition) is 4. The smallest absolute Gasteiger partial charge is 0.272 e. The van der Waals surface area contributed by atoms with Gasteiger partial charge in [0.05, 0.1) is 12.2 Å². The van der Waals surface area contributed by atoms with E-state index in [1.54, 1.807) is 7.05 Å². The van der Waals surface area contributed by atoms with Crippen LogP contribution < -0.4 is 10.6 Å². The minimum absolute atomic E-state index is 0.0317. The zero-order chi connectivity index (χ0) is 18.7. The summed E-state index contributed by atoms with van der Waals surface area (Å²) in [6, 6.07) is 0. The molecular formula is C19H29N5O2. The van der Waals surface area contributed by atoms with Crippen LogP contribution in [0.5, 0.6) is 0 Å². The highest BCUT2D eigenvalue weighted by molar-refractivity contribution is 5.96. The average Bonchev–Trinajstić information content (AvgIpc) is 2.86. The highest BCUT2D eigenvalue weighted by atomic mass is 16.2. The number of fused-ring (bicyclic) bond motifs is 1. The van der Waals surface area contributed by atoms with E-state index in [1.807, 2.05) is 0 Å². The number of carbonyl (C=O) groups is 2. The summed E-state index contributed by atoms with van der Waals surface area (Å²) in [5.41, 5.74) is 2.76. The first-order valence-electron chi connectivity index (χ1n) is 9.43. The summed E-state index contributed by atoms with van der Waals surface area (Å²) in [6.07, 6.45) is 5.20. The Bertz CT molecular complexity index is 699. The Hall–Kier alpha value is -2.15. The molecule has 2 aliphatic rings. The molecule has 0 aromatic carbocycles. The van der Waals surface area contributed by atoms with Crippen LogP contribution in [-0.4, -0.2) is 53.5 Å². The molecule has 0 unspecified atom stereocenters. The van der Waals surface area contributed by atoms with Crippen molar-refractivity contribution >= 4 is 11.8 Å². The molecule has 0 spiro atoms. The molecule has 2 heterocycles. The van der Waals surface area contributed by atoms with Crippen molar-refractivity contribution in [3.63, 3.8) is 0 Å². The van der Waals surface area contributed by atoms with Crippen LogP contribution in [-0.2, 0) is 17.9 Å². The number of allylic oxidation sites excluding steroid dienone is 1. The molecule has 0 bridgehead atoms. The van der Waals surface area contributed by atoms with Gasteiger partial charge in [0, 0.05) is 26.1 Å². The van der Waals surface area contributed by atoms with Crippen molar-refractivity contribution in [3.8, 4) is 0 Å². The summed E-state index contributed by atoms with van der Waals surface area (Å²) >= 11 is 0. The Kier molecular flexibility index (Phi) is 5.76. The number of carbonyl (C=O) groups excluding carboxylic acids is 2. The molecular weight excluding hydrogens is 330 g/mol. The van der Waals surface area contributed by atoms with E-state index in [-0.39, 0.29) is 18.4 Å². The van der Waals surface area contributed by atoms with E-state index in [1.165, 1.54) is 5.57 Å². The molecule has 1 fully saturated rings. The third-order valence-corrected chi connectivity index (χ3v) is 5.40. The van der Waals surface area contributed by atoms with Gasteiger partial charge in [0.15, 0.2) is 5.69 Å². The largest absolute Gasteiger partial charge is 0.358 e. The average molecular weight is 359 g/mol. The number of likely N-dealkylation sites (N-methyl/N-ethyl adjacent to an activating group) is 1. The van der Waals surface area contributed by atoms with Crippen LogP contribution in [0.4, 0.5) is 0 Å². The zero-order valence-electron chi connectivity index (χ0n) is 15.8. The number of aromatic nitrogens is 2. The lowest BCUT2D eigenvalue weighted by Gasteiger charge is -2.23. The minimum Gasteiger partial charge on any atom is -0.358 e. The van der Waals surface area contributed by atoms with Crippen molar-refractivity contribution in [2.45, 2.75) is 51.1 Å². The van der Waals surface area contributed by atoms with Crippen LogP contribution >= 0.6 is 0 Å². The van der Waals surface area contributed by atoms with E-state index in [0.717, 1.165) is 56.7 Å². The van der Waals surface area contributed by atoms with Gasteiger partial charge in [-0.2, -0.15) is 0 Å². The number of rotatable bonds is 4. The third-order valence-electron chi connectivity index (χ3n) is 5.40. The fourth-order valence-electron chi connectivity index (χ4n) is 3.86. The van der Waals surface area contributed by atoms with Gasteiger partial charge in [-0.3, -0.25) is 9.59 Å². The molecule has 2 N–H and O–H groups in total. The predicted octanol–water partition coefficient (Wildman–Crippen LogP) is 1.41. The van der Waals surface area contributed by atoms with E-state index in [0.29, 0.717) is 18.2 Å². The van der Waals surface area contributed by atoms with Gasteiger partial charge in [0.25, 0.3) is 5.91 Å². The molecule has 0 radical (unpaired) electrons. The Morgan fingerprint density at radius 3 is 2.69 bits per heavy atom. The molecule has 7 nitrogen and oxygen atoms in total. The molecule has 1 aromatic rings. The second kappa shape index (κ2) is 8.03. The maximum absolute atomic E-state index is 12.7. The van der Waals surface area contributed by atoms with Gasteiger partial charge < -0.3 is 20.1 Å². The van der Waals surface area contributed by atoms with Gasteiger partial charge in [-0.25, -0.2) is 4.98 Å². The van der Waals surface area contributed by atoms with Gasteiger partial charge in [-0.1, -0.05) is 12.2 Å². The molecule has 7 heteroatoms. The lowest BCUT2D eigenvalue weighted by Crippen LogP contribution is -2.36. The quantitative estimate of drug-likeness (QED) is 0.797. The van der Waals surface area contributed by atoms with E-state index in [9.17, 15) is 9.59 Å². The Morgan fingerprint density at radius 1 is 1.27 bits per heavy atom. The maximum Gasteiger partial charge on any atom is 0.272 e. The van der Waals surface area contributed by atoms with Gasteiger partial charge in [-0.05, 0) is 45.7 Å². The lowest BCUT2D eigenvalue weighted by molar-refractivity contribution is -0.119. The van der Waals surface area contributed by atoms with Crippen LogP contribution in [0.25, 0.3) is 0 Å². The highest BCUT2D eigenvalue weighted by Gasteiger charge is 2.29. The first-order chi connectivity index (χ1) is 12.5. The molecule has 0 saturated heterocycles. The van der Waals surface area contributed by atoms with E-state index in [4.69, 9.17) is 4.98 Å². The summed E-state index contributed by atoms with van der Waals surface area (Å²) in [6.45, 7) is 6.67. The zero-order valence-corrected chi connectivity index (χ0v) is 15.8. The number of hydrogen-bond donors (Lipinski definition) is 2. The SMILES string of the molecule is C=C1CCC(c2nc(C(=O)NCC(=O)NC)c3n2CCCN(C)C3)CC1. The Labute approximate surface area is 154 Å². The van der Waals surface area contributed by atoms with Crippen molar-refractivity contribution in [1.29, 1.82) is 0 Å². The Balaban J connectivity index is 1.89. The predicted molar refractivity (Wildman–Crippen MR) is 99.9 cm³/mol. The van der Waals surface area contributed by atoms with Crippen LogP contribution in [0.2, 0.25) is 0 Å². The lowest BCUT2D eigenvalue weighted by atomic mass is 9.86. The highest BCUT2D eigenvalue weighted by Crippen LogP contribution is 2.36. The van der Waals surface area contributed by atoms with Gasteiger partial charge in [0.1, 0.15) is 5.82 Å². The van der Waals surface area contributed by atoms with E-state index in [2.05, 4.69) is 33.7 Å². The number of amides is 2. The van der Waals surface area contributed by atoms with Gasteiger partial charge in [0.2, 0.25) is 5.91 Å². The first kappa shape index (κ1) is 18.6. The minimum atomic E-state index is -0.265. The monoisotopic (exact) mass is 359 g/mol. The second-order valence-corrected chi connectivity index (χ2v) is 7.39. The van der Waals surface area contributed by atoms with Crippen LogP contribution in [0.3, 0.4) is 0 Å². The third kappa shape index (κ3) is 3.98. The molecule has 26 heavy (non-hydrogen) atoms. The van der Waals surface area contributed by atoms with E-state index < -0.39 is 0 Å². The summed E-state index contributed by atoms with van der Waals surface area (Å²) in [4.78, 5) is 31.2. The molecule has 3 rings (SSSR count). The van der Waals surface area contributed by atoms with Gasteiger partial charge >= 0.3 is 0 Å². The van der Waals surface area contributed by atoms with Crippen LogP contribution in [0.1, 0.15) is 60.0 Å². The standard InChI is InChI=1S/C19H29N5O2/c1-13-5-7-14(8-6-13)18-22-17(19(26)21-11-16(25)20-2)15-12-23(3)9-4-10-24(15)18/h14H,1,4-12H2,2-3H3,(H,20,25)(H,21,26). The normalized spacial score (nSPS) is 18.9. The summed E-state index contributed by atoms with van der Waals surface area (Å²) in [7, 11) is 3.63. The van der Waals surface area contributed by atoms with Gasteiger partial charge in [-0.15, -0.1) is 0 Å². The van der Waals surface area contributed by atoms with Crippen LogP contribution in [0.15, 0.2) is 12.2 Å². The second-order valence-electron chi connectivity index (χ2n) is 7.39. The fraction of sp³-hybridized carbons (Fsp3) is 0.632. The van der Waals surface area contributed by atoms with Crippen molar-refractivity contribution in [2.24, 2.45) is 0 Å². The maximum atomic E-state index is 12.7. The van der Waals surface area contributed by atoms with Crippen molar-refractivity contribution in [2.75, 3.05) is 27.2 Å². The van der Waals surface area contributed by atoms with Crippen LogP contribution in [0, 0.1) is 0 Å². The fourth-order valence-corrected chi connectivity index (χ4v) is 3.86. The number of imidazole rings is 1. The summed E-state index contributed by atoms with van der Waals surface area (Å²) in [5.74, 6) is 0.932. The Morgan fingerprint density at radius 2 is 2.00 bits per heavy atom. The summed E-state index contributed by atoms with van der Waals surface area (Å²) in [5, 5.41) is 5.22. The molecule has 1 aliphatic heterocycles. The number of nitrogens with one attached hydrogen (secondary N) is 2. The van der Waals surface area contributed by atoms with E-state index >= 15 is 0 Å².